The van der Waals surface area contributed by atoms with E-state index in [1.54, 1.807) is 11.0 Å². The number of methoxy groups -OCH3 is 2. The molecular weight excluding hydrogens is 398 g/mol. The Bertz CT molecular complexity index is 862. The summed E-state index contributed by atoms with van der Waals surface area (Å²) in [5, 5.41) is 0. The van der Waals surface area contributed by atoms with Crippen molar-refractivity contribution in [1.82, 2.24) is 4.90 Å². The van der Waals surface area contributed by atoms with Gasteiger partial charge >= 0.3 is 5.97 Å². The summed E-state index contributed by atoms with van der Waals surface area (Å²) >= 11 is 0. The minimum atomic E-state index is -3.12. The van der Waals surface area contributed by atoms with E-state index in [4.69, 9.17) is 14.2 Å². The van der Waals surface area contributed by atoms with Crippen LogP contribution < -0.4 is 9.47 Å². The number of benzene rings is 1. The van der Waals surface area contributed by atoms with Crippen LogP contribution in [-0.4, -0.2) is 69.6 Å². The predicted molar refractivity (Wildman–Crippen MR) is 106 cm³/mol. The van der Waals surface area contributed by atoms with Crippen LogP contribution in [0.2, 0.25) is 0 Å². The normalized spacial score (nSPS) is 21.0. The van der Waals surface area contributed by atoms with Gasteiger partial charge in [0.05, 0.1) is 31.3 Å². The highest BCUT2D eigenvalue weighted by Gasteiger charge is 2.39. The van der Waals surface area contributed by atoms with Gasteiger partial charge in [-0.25, -0.2) is 13.2 Å². The lowest BCUT2D eigenvalue weighted by Crippen LogP contribution is -2.48. The van der Waals surface area contributed by atoms with E-state index in [0.29, 0.717) is 17.9 Å². The van der Waals surface area contributed by atoms with E-state index in [1.165, 1.54) is 26.4 Å². The number of esters is 1. The van der Waals surface area contributed by atoms with E-state index in [-0.39, 0.29) is 35.1 Å². The summed E-state index contributed by atoms with van der Waals surface area (Å²) in [7, 11) is -0.160. The molecule has 2 fully saturated rings. The maximum atomic E-state index is 12.9. The fourth-order valence-electron chi connectivity index (χ4n) is 4.13. The van der Waals surface area contributed by atoms with E-state index in [9.17, 15) is 18.0 Å². The number of hydrogen-bond acceptors (Lipinski definition) is 7. The van der Waals surface area contributed by atoms with Gasteiger partial charge in [0, 0.05) is 12.1 Å². The molecule has 9 heteroatoms. The summed E-state index contributed by atoms with van der Waals surface area (Å²) in [6.45, 7) is -0.416. The highest BCUT2D eigenvalue weighted by molar-refractivity contribution is 7.91. The Labute approximate surface area is 171 Å². The van der Waals surface area contributed by atoms with Gasteiger partial charge in [-0.3, -0.25) is 4.79 Å². The van der Waals surface area contributed by atoms with Gasteiger partial charge in [-0.1, -0.05) is 12.8 Å². The van der Waals surface area contributed by atoms with E-state index in [2.05, 4.69) is 0 Å². The molecule has 1 aliphatic heterocycles. The van der Waals surface area contributed by atoms with Crippen LogP contribution in [0.5, 0.6) is 11.5 Å². The number of ether oxygens (including phenoxy) is 3. The van der Waals surface area contributed by atoms with Crippen LogP contribution in [0, 0.1) is 0 Å². The van der Waals surface area contributed by atoms with Crippen molar-refractivity contribution in [3.05, 3.63) is 23.8 Å². The molecule has 2 aliphatic rings. The van der Waals surface area contributed by atoms with Gasteiger partial charge in [0.25, 0.3) is 5.91 Å². The second-order valence-corrected chi connectivity index (χ2v) is 9.67. The van der Waals surface area contributed by atoms with Crippen molar-refractivity contribution >= 4 is 21.7 Å². The number of hydrogen-bond donors (Lipinski definition) is 0. The SMILES string of the molecule is COc1ccc(C(=O)OCC(=O)N(C2CCCC2)[C@H]2CCS(=O)(=O)C2)cc1OC. The summed E-state index contributed by atoms with van der Waals surface area (Å²) < 4.78 is 39.4. The Morgan fingerprint density at radius 3 is 2.31 bits per heavy atom. The van der Waals surface area contributed by atoms with Crippen molar-refractivity contribution in [2.75, 3.05) is 32.3 Å². The molecule has 0 bridgehead atoms. The van der Waals surface area contributed by atoms with Crippen molar-refractivity contribution in [1.29, 1.82) is 0 Å². The van der Waals surface area contributed by atoms with Crippen LogP contribution in [0.3, 0.4) is 0 Å². The second-order valence-electron chi connectivity index (χ2n) is 7.44. The summed E-state index contributed by atoms with van der Waals surface area (Å²) in [5.41, 5.74) is 0.242. The van der Waals surface area contributed by atoms with Gasteiger partial charge in [0.1, 0.15) is 0 Å². The zero-order valence-corrected chi connectivity index (χ0v) is 17.6. The third kappa shape index (κ3) is 5.01. The van der Waals surface area contributed by atoms with E-state index in [0.717, 1.165) is 25.7 Å². The molecule has 3 rings (SSSR count). The molecule has 1 aromatic rings. The summed E-state index contributed by atoms with van der Waals surface area (Å²) in [6, 6.07) is 4.29. The Hall–Kier alpha value is -2.29. The molecule has 0 spiro atoms. The highest BCUT2D eigenvalue weighted by Crippen LogP contribution is 2.30. The Kier molecular flexibility index (Phi) is 6.66. The third-order valence-electron chi connectivity index (χ3n) is 5.55. The molecule has 0 radical (unpaired) electrons. The second kappa shape index (κ2) is 9.02. The summed E-state index contributed by atoms with van der Waals surface area (Å²) in [4.78, 5) is 27.0. The Morgan fingerprint density at radius 1 is 1.03 bits per heavy atom. The number of amides is 1. The molecule has 1 saturated carbocycles. The summed E-state index contributed by atoms with van der Waals surface area (Å²) in [6.07, 6.45) is 4.17. The zero-order valence-electron chi connectivity index (χ0n) is 16.8. The van der Waals surface area contributed by atoms with Gasteiger partial charge in [-0.15, -0.1) is 0 Å². The predicted octanol–water partition coefficient (Wildman–Crippen LogP) is 1.82. The molecule has 0 aromatic heterocycles. The Morgan fingerprint density at radius 2 is 1.72 bits per heavy atom. The molecule has 1 amide bonds. The molecule has 1 atom stereocenters. The van der Waals surface area contributed by atoms with Crippen LogP contribution in [0.25, 0.3) is 0 Å². The average molecular weight is 426 g/mol. The quantitative estimate of drug-likeness (QED) is 0.615. The molecule has 1 heterocycles. The molecule has 8 nitrogen and oxygen atoms in total. The first-order chi connectivity index (χ1) is 13.8. The fourth-order valence-corrected chi connectivity index (χ4v) is 5.84. The molecule has 29 heavy (non-hydrogen) atoms. The van der Waals surface area contributed by atoms with Crippen LogP contribution in [0.15, 0.2) is 18.2 Å². The standard InChI is InChI=1S/C20H27NO7S/c1-26-17-8-7-14(11-18(17)27-2)20(23)28-12-19(22)21(15-5-3-4-6-15)16-9-10-29(24,25)13-16/h7-8,11,15-16H,3-6,9-10,12-13H2,1-2H3/t16-/m0/s1. The lowest BCUT2D eigenvalue weighted by molar-refractivity contribution is -0.139. The monoisotopic (exact) mass is 425 g/mol. The number of nitrogens with zero attached hydrogens (tertiary/aromatic N) is 1. The van der Waals surface area contributed by atoms with Gasteiger partial charge in [0.15, 0.2) is 27.9 Å². The molecule has 0 unspecified atom stereocenters. The molecular formula is C20H27NO7S. The average Bonchev–Trinajstić information content (AvgIpc) is 3.35. The van der Waals surface area contributed by atoms with E-state index < -0.39 is 22.4 Å². The largest absolute Gasteiger partial charge is 0.493 e. The first kappa shape index (κ1) is 21.4. The van der Waals surface area contributed by atoms with Crippen LogP contribution >= 0.6 is 0 Å². The number of carbonyl (C=O) groups is 2. The molecule has 1 aliphatic carbocycles. The van der Waals surface area contributed by atoms with E-state index >= 15 is 0 Å². The lowest BCUT2D eigenvalue weighted by Gasteiger charge is -2.33. The molecule has 160 valence electrons. The minimum absolute atomic E-state index is 0.0144. The number of carbonyl (C=O) groups excluding carboxylic acids is 2. The topological polar surface area (TPSA) is 99.2 Å². The number of sulfone groups is 1. The Balaban J connectivity index is 1.67. The maximum absolute atomic E-state index is 12.9. The third-order valence-corrected chi connectivity index (χ3v) is 7.30. The highest BCUT2D eigenvalue weighted by atomic mass is 32.2. The van der Waals surface area contributed by atoms with Gasteiger partial charge in [0.2, 0.25) is 0 Å². The van der Waals surface area contributed by atoms with Crippen molar-refractivity contribution < 1.29 is 32.2 Å². The number of rotatable bonds is 7. The smallest absolute Gasteiger partial charge is 0.338 e. The van der Waals surface area contributed by atoms with Crippen molar-refractivity contribution in [2.45, 2.75) is 44.2 Å². The zero-order chi connectivity index (χ0) is 21.0. The van der Waals surface area contributed by atoms with Gasteiger partial charge in [-0.05, 0) is 37.5 Å². The molecule has 0 N–H and O–H groups in total. The fraction of sp³-hybridized carbons (Fsp3) is 0.600. The van der Waals surface area contributed by atoms with Crippen LogP contribution in [0.4, 0.5) is 0 Å². The van der Waals surface area contributed by atoms with Gasteiger partial charge in [-0.2, -0.15) is 0 Å². The van der Waals surface area contributed by atoms with Crippen molar-refractivity contribution in [3.8, 4) is 11.5 Å². The summed E-state index contributed by atoms with van der Waals surface area (Å²) in [5.74, 6) is -0.0390. The first-order valence-electron chi connectivity index (χ1n) is 9.75. The maximum Gasteiger partial charge on any atom is 0.338 e. The lowest BCUT2D eigenvalue weighted by atomic mass is 10.1. The van der Waals surface area contributed by atoms with Crippen LogP contribution in [0.1, 0.15) is 42.5 Å². The first-order valence-corrected chi connectivity index (χ1v) is 11.6. The van der Waals surface area contributed by atoms with Crippen LogP contribution in [-0.2, 0) is 19.4 Å². The molecule has 1 aromatic carbocycles. The molecule has 1 saturated heterocycles. The van der Waals surface area contributed by atoms with E-state index in [1.807, 2.05) is 0 Å². The minimum Gasteiger partial charge on any atom is -0.493 e. The van der Waals surface area contributed by atoms with Gasteiger partial charge < -0.3 is 19.1 Å². The van der Waals surface area contributed by atoms with Crippen molar-refractivity contribution in [2.24, 2.45) is 0 Å². The van der Waals surface area contributed by atoms with Crippen molar-refractivity contribution in [3.63, 3.8) is 0 Å².